The van der Waals surface area contributed by atoms with Crippen molar-refractivity contribution in [2.45, 2.75) is 77.2 Å². The molecule has 2 heterocycles. The molecule has 6 nitrogen and oxygen atoms in total. The number of nitrogens with two attached hydrogens (primary N) is 1. The zero-order chi connectivity index (χ0) is 24.9. The number of carbonyl (C=O) groups excluding carboxylic acids is 1. The van der Waals surface area contributed by atoms with Crippen molar-refractivity contribution in [1.29, 1.82) is 0 Å². The zero-order valence-electron chi connectivity index (χ0n) is 21.4. The van der Waals surface area contributed by atoms with Crippen molar-refractivity contribution in [3.8, 4) is 5.69 Å². The first-order chi connectivity index (χ1) is 17.6. The minimum Gasteiger partial charge on any atom is -0.375 e. The minimum absolute atomic E-state index is 0.249. The van der Waals surface area contributed by atoms with Gasteiger partial charge in [0.2, 0.25) is 0 Å². The summed E-state index contributed by atoms with van der Waals surface area (Å²) in [4.78, 5) is 21.9. The number of para-hydroxylation sites is 1. The number of hydrogen-bond donors (Lipinski definition) is 1. The second kappa shape index (κ2) is 11.7. The summed E-state index contributed by atoms with van der Waals surface area (Å²) < 4.78 is 1.79. The summed E-state index contributed by atoms with van der Waals surface area (Å²) in [7, 11) is 0. The van der Waals surface area contributed by atoms with Crippen LogP contribution >= 0.6 is 11.3 Å². The van der Waals surface area contributed by atoms with Gasteiger partial charge in [-0.05, 0) is 88.1 Å². The fourth-order valence-electron chi connectivity index (χ4n) is 6.22. The van der Waals surface area contributed by atoms with Crippen LogP contribution in [-0.4, -0.2) is 44.6 Å². The normalized spacial score (nSPS) is 22.0. The maximum absolute atomic E-state index is 13.2. The topological polar surface area (TPSA) is 77.0 Å². The predicted molar refractivity (Wildman–Crippen MR) is 147 cm³/mol. The molecule has 0 aliphatic heterocycles. The molecule has 1 saturated carbocycles. The average molecular weight is 506 g/mol. The summed E-state index contributed by atoms with van der Waals surface area (Å²) in [5, 5.41) is 5.06. The van der Waals surface area contributed by atoms with Gasteiger partial charge in [0.15, 0.2) is 10.9 Å². The van der Waals surface area contributed by atoms with Crippen molar-refractivity contribution >= 4 is 22.3 Å². The number of nitrogens with zero attached hydrogens (tertiary/aromatic N) is 4. The van der Waals surface area contributed by atoms with Crippen LogP contribution in [0.1, 0.15) is 79.2 Å². The number of anilines is 1. The molecule has 2 N–H and O–H groups in total. The monoisotopic (exact) mass is 505 g/mol. The Morgan fingerprint density at radius 3 is 2.69 bits per heavy atom. The highest BCUT2D eigenvalue weighted by Gasteiger charge is 2.28. The Bertz CT molecular complexity index is 1130. The molecular formula is C29H39N5OS. The quantitative estimate of drug-likeness (QED) is 0.345. The van der Waals surface area contributed by atoms with E-state index in [9.17, 15) is 4.79 Å². The number of aryl methyl sites for hydroxylation is 1. The van der Waals surface area contributed by atoms with E-state index in [1.807, 2.05) is 36.5 Å². The summed E-state index contributed by atoms with van der Waals surface area (Å²) in [6.45, 7) is 4.65. The van der Waals surface area contributed by atoms with Crippen LogP contribution in [0.15, 0.2) is 42.7 Å². The van der Waals surface area contributed by atoms with Gasteiger partial charge in [-0.1, -0.05) is 31.9 Å². The molecule has 1 atom stereocenters. The molecule has 0 spiro atoms. The molecular weight excluding hydrogens is 466 g/mol. The molecule has 192 valence electrons. The van der Waals surface area contributed by atoms with Gasteiger partial charge >= 0.3 is 0 Å². The third kappa shape index (κ3) is 5.89. The number of hydrogen-bond acceptors (Lipinski definition) is 6. The number of benzene rings is 1. The molecule has 0 amide bonds. The van der Waals surface area contributed by atoms with E-state index in [0.29, 0.717) is 18.4 Å². The third-order valence-corrected chi connectivity index (χ3v) is 9.13. The van der Waals surface area contributed by atoms with Crippen molar-refractivity contribution in [1.82, 2.24) is 19.7 Å². The van der Waals surface area contributed by atoms with E-state index >= 15 is 0 Å². The first kappa shape index (κ1) is 25.2. The summed E-state index contributed by atoms with van der Waals surface area (Å²) in [5.41, 5.74) is 8.88. The number of fused-ring (bicyclic) bond motifs is 1. The van der Waals surface area contributed by atoms with Gasteiger partial charge in [-0.3, -0.25) is 4.79 Å². The van der Waals surface area contributed by atoms with Crippen molar-refractivity contribution in [3.05, 3.63) is 58.9 Å². The van der Waals surface area contributed by atoms with Crippen LogP contribution in [0, 0.1) is 11.8 Å². The van der Waals surface area contributed by atoms with Crippen LogP contribution < -0.4 is 5.73 Å². The maximum Gasteiger partial charge on any atom is 0.180 e. The van der Waals surface area contributed by atoms with Gasteiger partial charge in [-0.25, -0.2) is 9.67 Å². The Kier molecular flexibility index (Phi) is 8.17. The lowest BCUT2D eigenvalue weighted by Gasteiger charge is -2.36. The highest BCUT2D eigenvalue weighted by molar-refractivity contribution is 7.15. The fourth-order valence-corrected chi connectivity index (χ4v) is 7.17. The molecule has 7 heteroatoms. The van der Waals surface area contributed by atoms with Crippen LogP contribution in [0.2, 0.25) is 0 Å². The van der Waals surface area contributed by atoms with Crippen LogP contribution in [0.5, 0.6) is 0 Å². The van der Waals surface area contributed by atoms with Gasteiger partial charge in [-0.2, -0.15) is 5.10 Å². The third-order valence-electron chi connectivity index (χ3n) is 8.18. The molecule has 5 rings (SSSR count). The molecule has 2 aromatic heterocycles. The molecule has 0 bridgehead atoms. The highest BCUT2D eigenvalue weighted by Crippen LogP contribution is 2.35. The number of aromatic nitrogens is 3. The standard InChI is InChI=1S/C29H39N5OS/c1-2-16-33(23-12-13-25-28(20-23)36-29(30)32-25)18-14-21-8-10-22(11-9-21)19-27(35)24-6-3-4-7-26(24)34-17-5-15-31-34/h3-7,15,17,21-23H,2,8-14,16,18-20H2,1H3,(H2,30,32)/t21?,22?,23-/m0/s1. The summed E-state index contributed by atoms with van der Waals surface area (Å²) in [5.74, 6) is 1.53. The first-order valence-corrected chi connectivity index (χ1v) is 14.5. The first-order valence-electron chi connectivity index (χ1n) is 13.7. The average Bonchev–Trinajstić information content (AvgIpc) is 3.56. The van der Waals surface area contributed by atoms with Gasteiger partial charge < -0.3 is 10.6 Å². The second-order valence-corrected chi connectivity index (χ2v) is 11.7. The molecule has 3 aromatic rings. The van der Waals surface area contributed by atoms with Crippen molar-refractivity contribution in [3.63, 3.8) is 0 Å². The second-order valence-electron chi connectivity index (χ2n) is 10.6. The molecule has 0 unspecified atom stereocenters. The van der Waals surface area contributed by atoms with Crippen molar-refractivity contribution in [2.75, 3.05) is 18.8 Å². The number of ketones is 1. The smallest absolute Gasteiger partial charge is 0.180 e. The van der Waals surface area contributed by atoms with E-state index in [4.69, 9.17) is 5.73 Å². The number of nitrogen functional groups attached to an aromatic ring is 1. The van der Waals surface area contributed by atoms with Gasteiger partial charge in [-0.15, -0.1) is 11.3 Å². The Morgan fingerprint density at radius 2 is 1.92 bits per heavy atom. The van der Waals surface area contributed by atoms with Crippen LogP contribution in [0.4, 0.5) is 5.13 Å². The van der Waals surface area contributed by atoms with Gasteiger partial charge in [0, 0.05) is 35.3 Å². The van der Waals surface area contributed by atoms with Crippen LogP contribution in [0.3, 0.4) is 0 Å². The van der Waals surface area contributed by atoms with Crippen molar-refractivity contribution < 1.29 is 4.79 Å². The SMILES string of the molecule is CCCN(CCC1CCC(CC(=O)c2ccccc2-n2cccn2)CC1)[C@H]1CCc2nc(N)sc2C1. The molecule has 36 heavy (non-hydrogen) atoms. The van der Waals surface area contributed by atoms with Gasteiger partial charge in [0.1, 0.15) is 0 Å². The Balaban J connectivity index is 1.11. The summed E-state index contributed by atoms with van der Waals surface area (Å²) in [6.07, 6.45) is 15.0. The van der Waals surface area contributed by atoms with E-state index in [2.05, 4.69) is 21.9 Å². The summed E-state index contributed by atoms with van der Waals surface area (Å²) >= 11 is 1.69. The minimum atomic E-state index is 0.249. The summed E-state index contributed by atoms with van der Waals surface area (Å²) in [6, 6.07) is 10.4. The number of Topliss-reactive ketones (excluding diaryl/α,β-unsaturated/α-hetero) is 1. The highest BCUT2D eigenvalue weighted by atomic mass is 32.1. The Morgan fingerprint density at radius 1 is 1.11 bits per heavy atom. The molecule has 1 aromatic carbocycles. The van der Waals surface area contributed by atoms with Gasteiger partial charge in [0.25, 0.3) is 0 Å². The predicted octanol–water partition coefficient (Wildman–Crippen LogP) is 5.95. The number of thiazole rings is 1. The lowest BCUT2D eigenvalue weighted by atomic mass is 9.78. The number of carbonyl (C=O) groups is 1. The molecule has 0 radical (unpaired) electrons. The van der Waals surface area contributed by atoms with Crippen molar-refractivity contribution in [2.24, 2.45) is 11.8 Å². The molecule has 2 aliphatic rings. The zero-order valence-corrected chi connectivity index (χ0v) is 22.3. The van der Waals surface area contributed by atoms with Gasteiger partial charge in [0.05, 0.1) is 11.4 Å². The van der Waals surface area contributed by atoms with E-state index in [0.717, 1.165) is 35.1 Å². The van der Waals surface area contributed by atoms with Crippen LogP contribution in [0.25, 0.3) is 5.69 Å². The molecule has 1 fully saturated rings. The lowest BCUT2D eigenvalue weighted by molar-refractivity contribution is 0.0937. The van der Waals surface area contributed by atoms with Crippen LogP contribution in [-0.2, 0) is 12.8 Å². The van der Waals surface area contributed by atoms with E-state index in [1.54, 1.807) is 22.2 Å². The molecule has 0 saturated heterocycles. The molecule has 2 aliphatic carbocycles. The van der Waals surface area contributed by atoms with E-state index in [-0.39, 0.29) is 5.78 Å². The van der Waals surface area contributed by atoms with E-state index in [1.165, 1.54) is 68.6 Å². The largest absolute Gasteiger partial charge is 0.375 e. The fraction of sp³-hybridized carbons (Fsp3) is 0.552. The Hall–Kier alpha value is -2.51. The van der Waals surface area contributed by atoms with E-state index < -0.39 is 0 Å². The maximum atomic E-state index is 13.2. The number of rotatable bonds is 10. The lowest BCUT2D eigenvalue weighted by Crippen LogP contribution is -2.41. The Labute approximate surface area is 218 Å².